The van der Waals surface area contributed by atoms with Crippen LogP contribution in [0.4, 0.5) is 0 Å². The summed E-state index contributed by atoms with van der Waals surface area (Å²) < 4.78 is 23.6. The SMILES string of the molecule is [CH2]Oc1c(OCc2ccccc2)cc(OCc2ccccc2)cc1OCc1ccccc1. The highest BCUT2D eigenvalue weighted by Crippen LogP contribution is 2.42. The highest BCUT2D eigenvalue weighted by Gasteiger charge is 2.16. The number of rotatable bonds is 10. The lowest BCUT2D eigenvalue weighted by molar-refractivity contribution is 0.255. The molecule has 4 rings (SSSR count). The summed E-state index contributed by atoms with van der Waals surface area (Å²) in [6.45, 7) is 1.20. The van der Waals surface area contributed by atoms with Crippen LogP contribution in [0.1, 0.15) is 16.7 Å². The maximum atomic E-state index is 6.07. The Kier molecular flexibility index (Phi) is 7.27. The third kappa shape index (κ3) is 5.82. The molecule has 0 N–H and O–H groups in total. The molecule has 1 radical (unpaired) electrons. The number of benzene rings is 4. The van der Waals surface area contributed by atoms with Crippen molar-refractivity contribution in [3.63, 3.8) is 0 Å². The molecule has 32 heavy (non-hydrogen) atoms. The van der Waals surface area contributed by atoms with E-state index in [1.807, 2.05) is 103 Å². The molecule has 0 bridgehead atoms. The minimum absolute atomic E-state index is 0.386. The van der Waals surface area contributed by atoms with Gasteiger partial charge in [0.25, 0.3) is 0 Å². The summed E-state index contributed by atoms with van der Waals surface area (Å²) in [6.07, 6.45) is 0. The van der Waals surface area contributed by atoms with Crippen LogP contribution in [0.15, 0.2) is 103 Å². The zero-order valence-electron chi connectivity index (χ0n) is 17.8. The first-order valence-electron chi connectivity index (χ1n) is 10.4. The van der Waals surface area contributed by atoms with Gasteiger partial charge in [-0.15, -0.1) is 0 Å². The lowest BCUT2D eigenvalue weighted by atomic mass is 10.2. The van der Waals surface area contributed by atoms with Crippen molar-refractivity contribution < 1.29 is 18.9 Å². The summed E-state index contributed by atoms with van der Waals surface area (Å²) in [5.41, 5.74) is 3.17. The molecule has 0 aliphatic rings. The predicted molar refractivity (Wildman–Crippen MR) is 125 cm³/mol. The average Bonchev–Trinajstić information content (AvgIpc) is 2.86. The van der Waals surface area contributed by atoms with Gasteiger partial charge in [-0.3, -0.25) is 0 Å². The van der Waals surface area contributed by atoms with Crippen molar-refractivity contribution >= 4 is 0 Å². The quantitative estimate of drug-likeness (QED) is 0.287. The van der Waals surface area contributed by atoms with E-state index in [1.165, 1.54) is 0 Å². The van der Waals surface area contributed by atoms with Crippen LogP contribution >= 0.6 is 0 Å². The molecule has 0 fully saturated rings. The Labute approximate surface area is 189 Å². The van der Waals surface area contributed by atoms with Crippen LogP contribution in [0.5, 0.6) is 23.0 Å². The molecule has 161 valence electrons. The van der Waals surface area contributed by atoms with Gasteiger partial charge in [-0.05, 0) is 16.7 Å². The van der Waals surface area contributed by atoms with Crippen LogP contribution in [0.3, 0.4) is 0 Å². The summed E-state index contributed by atoms with van der Waals surface area (Å²) >= 11 is 0. The molecule has 0 aliphatic heterocycles. The van der Waals surface area contributed by atoms with Gasteiger partial charge in [0.05, 0.1) is 0 Å². The van der Waals surface area contributed by atoms with Crippen molar-refractivity contribution in [3.8, 4) is 23.0 Å². The van der Waals surface area contributed by atoms with Gasteiger partial charge in [-0.1, -0.05) is 91.0 Å². The van der Waals surface area contributed by atoms with Crippen LogP contribution in [-0.2, 0) is 19.8 Å². The molecule has 0 aliphatic carbocycles. The highest BCUT2D eigenvalue weighted by atomic mass is 16.5. The first-order chi connectivity index (χ1) is 15.8. The summed E-state index contributed by atoms with van der Waals surface area (Å²) in [6, 6.07) is 33.5. The summed E-state index contributed by atoms with van der Waals surface area (Å²) in [5, 5.41) is 0. The largest absolute Gasteiger partial charge is 0.489 e. The Bertz CT molecular complexity index is 1030. The molecular weight excluding hydrogens is 400 g/mol. The summed E-state index contributed by atoms with van der Waals surface area (Å²) in [7, 11) is 3.61. The van der Waals surface area contributed by atoms with Gasteiger partial charge in [0.15, 0.2) is 11.5 Å². The van der Waals surface area contributed by atoms with Crippen molar-refractivity contribution in [2.24, 2.45) is 0 Å². The van der Waals surface area contributed by atoms with Crippen molar-refractivity contribution in [1.29, 1.82) is 0 Å². The maximum Gasteiger partial charge on any atom is 0.204 e. The second-order valence-electron chi connectivity index (χ2n) is 7.22. The van der Waals surface area contributed by atoms with Gasteiger partial charge in [0.1, 0.15) is 32.7 Å². The Hall–Kier alpha value is -3.92. The molecule has 0 saturated carbocycles. The molecule has 4 aromatic rings. The molecule has 4 heteroatoms. The lowest BCUT2D eigenvalue weighted by Gasteiger charge is -2.17. The van der Waals surface area contributed by atoms with Crippen LogP contribution in [0, 0.1) is 7.11 Å². The fourth-order valence-electron chi connectivity index (χ4n) is 3.20. The third-order valence-electron chi connectivity index (χ3n) is 4.86. The van der Waals surface area contributed by atoms with Crippen molar-refractivity contribution in [2.45, 2.75) is 19.8 Å². The van der Waals surface area contributed by atoms with E-state index in [0.29, 0.717) is 42.8 Å². The molecule has 0 atom stereocenters. The van der Waals surface area contributed by atoms with Gasteiger partial charge in [0, 0.05) is 12.1 Å². The van der Waals surface area contributed by atoms with Gasteiger partial charge in [-0.2, -0.15) is 0 Å². The molecule has 0 aromatic heterocycles. The Morgan fingerprint density at radius 1 is 0.500 bits per heavy atom. The average molecular weight is 426 g/mol. The smallest absolute Gasteiger partial charge is 0.204 e. The number of hydrogen-bond donors (Lipinski definition) is 0. The molecule has 0 heterocycles. The minimum Gasteiger partial charge on any atom is -0.489 e. The standard InChI is InChI=1S/C28H25O4/c1-29-28-26(31-20-23-13-7-3-8-14-23)17-25(30-19-22-11-5-2-6-12-22)18-27(28)32-21-24-15-9-4-10-16-24/h2-18H,1,19-21H2. The van der Waals surface area contributed by atoms with Gasteiger partial charge >= 0.3 is 0 Å². The fourth-order valence-corrected chi connectivity index (χ4v) is 3.20. The minimum atomic E-state index is 0.386. The Morgan fingerprint density at radius 2 is 0.875 bits per heavy atom. The topological polar surface area (TPSA) is 36.9 Å². The monoisotopic (exact) mass is 425 g/mol. The molecule has 0 unspecified atom stereocenters. The fraction of sp³-hybridized carbons (Fsp3) is 0.107. The van der Waals surface area contributed by atoms with Crippen LogP contribution in [-0.4, -0.2) is 0 Å². The highest BCUT2D eigenvalue weighted by molar-refractivity contribution is 5.56. The van der Waals surface area contributed by atoms with E-state index in [-0.39, 0.29) is 0 Å². The first-order valence-corrected chi connectivity index (χ1v) is 10.4. The van der Waals surface area contributed by atoms with Gasteiger partial charge in [-0.25, -0.2) is 0 Å². The second-order valence-corrected chi connectivity index (χ2v) is 7.22. The van der Waals surface area contributed by atoms with E-state index in [2.05, 4.69) is 7.11 Å². The molecular formula is C28H25O4. The van der Waals surface area contributed by atoms with E-state index in [4.69, 9.17) is 18.9 Å². The normalized spacial score (nSPS) is 10.4. The Balaban J connectivity index is 1.57. The zero-order valence-corrected chi connectivity index (χ0v) is 17.8. The zero-order chi connectivity index (χ0) is 22.0. The molecule has 0 spiro atoms. The molecule has 4 nitrogen and oxygen atoms in total. The van der Waals surface area contributed by atoms with Crippen molar-refractivity contribution in [2.75, 3.05) is 0 Å². The van der Waals surface area contributed by atoms with Crippen LogP contribution < -0.4 is 18.9 Å². The van der Waals surface area contributed by atoms with Crippen LogP contribution in [0.25, 0.3) is 0 Å². The van der Waals surface area contributed by atoms with E-state index in [9.17, 15) is 0 Å². The first kappa shape index (κ1) is 21.3. The number of ether oxygens (including phenoxy) is 4. The van der Waals surface area contributed by atoms with Gasteiger partial charge in [0.2, 0.25) is 5.75 Å². The molecule has 0 saturated heterocycles. The Morgan fingerprint density at radius 3 is 1.25 bits per heavy atom. The van der Waals surface area contributed by atoms with Crippen LogP contribution in [0.2, 0.25) is 0 Å². The van der Waals surface area contributed by atoms with E-state index in [0.717, 1.165) is 16.7 Å². The summed E-state index contributed by atoms with van der Waals surface area (Å²) in [5.74, 6) is 2.08. The van der Waals surface area contributed by atoms with Gasteiger partial charge < -0.3 is 18.9 Å². The van der Waals surface area contributed by atoms with E-state index < -0.39 is 0 Å². The predicted octanol–water partition coefficient (Wildman–Crippen LogP) is 6.59. The van der Waals surface area contributed by atoms with E-state index in [1.54, 1.807) is 0 Å². The van der Waals surface area contributed by atoms with Crippen molar-refractivity contribution in [3.05, 3.63) is 127 Å². The van der Waals surface area contributed by atoms with Crippen molar-refractivity contribution in [1.82, 2.24) is 0 Å². The lowest BCUT2D eigenvalue weighted by Crippen LogP contribution is -2.03. The number of hydrogen-bond acceptors (Lipinski definition) is 4. The molecule has 0 amide bonds. The summed E-state index contributed by atoms with van der Waals surface area (Å²) in [4.78, 5) is 0. The van der Waals surface area contributed by atoms with E-state index >= 15 is 0 Å². The molecule has 4 aromatic carbocycles. The third-order valence-corrected chi connectivity index (χ3v) is 4.86. The second kappa shape index (κ2) is 10.9. The maximum absolute atomic E-state index is 6.07.